The molecule has 0 saturated carbocycles. The largest absolute Gasteiger partial charge is 0.735 e. The van der Waals surface area contributed by atoms with Crippen molar-refractivity contribution in [1.29, 1.82) is 0 Å². The van der Waals surface area contributed by atoms with Crippen LogP contribution in [0.25, 0.3) is 0 Å². The molecule has 0 spiro atoms. The summed E-state index contributed by atoms with van der Waals surface area (Å²) in [6.07, 6.45) is 0.716. The minimum absolute atomic E-state index is 0.148. The molecule has 1 aliphatic rings. The molecule has 1 heterocycles. The van der Waals surface area contributed by atoms with Crippen molar-refractivity contribution in [2.75, 3.05) is 5.73 Å². The number of anilines is 1. The average molecular weight is 204 g/mol. The number of hydroxylamine groups is 1. The van der Waals surface area contributed by atoms with E-state index in [-0.39, 0.29) is 11.6 Å². The third kappa shape index (κ3) is 1.97. The van der Waals surface area contributed by atoms with Crippen LogP contribution in [-0.4, -0.2) is 16.8 Å². The Bertz CT molecular complexity index is 411. The van der Waals surface area contributed by atoms with Crippen molar-refractivity contribution in [3.63, 3.8) is 0 Å². The summed E-state index contributed by atoms with van der Waals surface area (Å²) < 4.78 is 0. The highest BCUT2D eigenvalue weighted by Crippen LogP contribution is 2.15. The fourth-order valence-corrected chi connectivity index (χ4v) is 1.41. The summed E-state index contributed by atoms with van der Waals surface area (Å²) >= 11 is 0. The highest BCUT2D eigenvalue weighted by molar-refractivity contribution is 6.04. The van der Waals surface area contributed by atoms with E-state index in [0.717, 1.165) is 5.56 Å². The Labute approximate surface area is 86.8 Å². The van der Waals surface area contributed by atoms with Gasteiger partial charge in [0.15, 0.2) is 0 Å². The van der Waals surface area contributed by atoms with Gasteiger partial charge in [0.2, 0.25) is 5.91 Å². The van der Waals surface area contributed by atoms with Crippen molar-refractivity contribution in [2.45, 2.75) is 12.8 Å². The third-order valence-corrected chi connectivity index (χ3v) is 2.24. The van der Waals surface area contributed by atoms with Gasteiger partial charge < -0.3 is 16.1 Å². The van der Waals surface area contributed by atoms with Crippen LogP contribution in [0.3, 0.4) is 0 Å². The van der Waals surface area contributed by atoms with Crippen LogP contribution in [0.1, 0.15) is 18.4 Å². The van der Waals surface area contributed by atoms with Crippen molar-refractivity contribution in [2.24, 2.45) is 5.10 Å². The molecule has 0 aliphatic carbocycles. The van der Waals surface area contributed by atoms with Crippen molar-refractivity contribution in [3.8, 4) is 0 Å². The lowest BCUT2D eigenvalue weighted by molar-refractivity contribution is -0.129. The second-order valence-corrected chi connectivity index (χ2v) is 3.34. The van der Waals surface area contributed by atoms with E-state index < -0.39 is 5.91 Å². The number of carbonyl (C=O) groups is 1. The fraction of sp³-hybridized carbons (Fsp3) is 0.200. The molecule has 0 unspecified atom stereocenters. The molecule has 5 nitrogen and oxygen atoms in total. The summed E-state index contributed by atoms with van der Waals surface area (Å²) in [5.74, 6) is -0.491. The number of hydrazone groups is 1. The number of hydrogen-bond donors (Lipinski definition) is 1. The molecule has 0 atom stereocenters. The predicted octanol–water partition coefficient (Wildman–Crippen LogP) is 1.09. The molecule has 0 radical (unpaired) electrons. The van der Waals surface area contributed by atoms with Gasteiger partial charge in [0.25, 0.3) is 0 Å². The molecule has 15 heavy (non-hydrogen) atoms. The smallest absolute Gasteiger partial charge is 0.232 e. The predicted molar refractivity (Wildman–Crippen MR) is 56.8 cm³/mol. The van der Waals surface area contributed by atoms with Crippen LogP contribution in [0, 0.1) is 5.21 Å². The lowest BCUT2D eigenvalue weighted by atomic mass is 10.0. The van der Waals surface area contributed by atoms with Crippen LogP contribution in [0.15, 0.2) is 29.4 Å². The van der Waals surface area contributed by atoms with Gasteiger partial charge in [0.1, 0.15) is 0 Å². The summed E-state index contributed by atoms with van der Waals surface area (Å²) in [6.45, 7) is 0. The minimum Gasteiger partial charge on any atom is -0.735 e. The Kier molecular flexibility index (Phi) is 2.39. The van der Waals surface area contributed by atoms with Crippen molar-refractivity contribution in [1.82, 2.24) is 5.17 Å². The summed E-state index contributed by atoms with van der Waals surface area (Å²) in [6, 6.07) is 7.06. The SMILES string of the molecule is Nc1ccc(C2=NN([O-])C(=O)CC2)cc1. The van der Waals surface area contributed by atoms with Gasteiger partial charge >= 0.3 is 0 Å². The molecular weight excluding hydrogens is 194 g/mol. The van der Waals surface area contributed by atoms with E-state index in [9.17, 15) is 10.0 Å². The van der Waals surface area contributed by atoms with Crippen molar-refractivity contribution in [3.05, 3.63) is 35.0 Å². The lowest BCUT2D eigenvalue weighted by Crippen LogP contribution is -2.27. The standard InChI is InChI=1S/C10H10N3O2/c11-8-3-1-7(2-4-8)9-5-6-10(14)13(15)12-9/h1-4H,5-6,11H2/q-1. The summed E-state index contributed by atoms with van der Waals surface area (Å²) in [5, 5.41) is 14.8. The van der Waals surface area contributed by atoms with Gasteiger partial charge in [0.05, 0.1) is 5.71 Å². The van der Waals surface area contributed by atoms with Gasteiger partial charge in [-0.05, 0) is 17.7 Å². The molecule has 1 amide bonds. The highest BCUT2D eigenvalue weighted by atomic mass is 16.5. The lowest BCUT2D eigenvalue weighted by Gasteiger charge is -2.27. The Balaban J connectivity index is 2.28. The van der Waals surface area contributed by atoms with Crippen molar-refractivity contribution >= 4 is 17.3 Å². The molecule has 0 fully saturated rings. The number of hydrogen-bond acceptors (Lipinski definition) is 4. The maximum Gasteiger partial charge on any atom is 0.232 e. The van der Waals surface area contributed by atoms with Crippen LogP contribution < -0.4 is 5.73 Å². The molecule has 5 heteroatoms. The molecule has 2 N–H and O–H groups in total. The Morgan fingerprint density at radius 1 is 1.27 bits per heavy atom. The highest BCUT2D eigenvalue weighted by Gasteiger charge is 2.14. The number of nitrogens with zero attached hydrogens (tertiary/aromatic N) is 2. The molecule has 2 rings (SSSR count). The molecule has 0 saturated heterocycles. The Morgan fingerprint density at radius 2 is 1.93 bits per heavy atom. The molecule has 1 aromatic carbocycles. The maximum absolute atomic E-state index is 11.0. The van der Waals surface area contributed by atoms with E-state index in [0.29, 0.717) is 17.8 Å². The first kappa shape index (κ1) is 9.67. The Morgan fingerprint density at radius 3 is 2.53 bits per heavy atom. The number of amides is 1. The first-order chi connectivity index (χ1) is 7.16. The number of nitrogens with two attached hydrogens (primary N) is 1. The zero-order valence-corrected chi connectivity index (χ0v) is 8.01. The molecule has 0 bridgehead atoms. The monoisotopic (exact) mass is 204 g/mol. The normalized spacial score (nSPS) is 16.5. The molecule has 0 aromatic heterocycles. The first-order valence-corrected chi connectivity index (χ1v) is 4.60. The van der Waals surface area contributed by atoms with E-state index in [1.807, 2.05) is 0 Å². The van der Waals surface area contributed by atoms with Crippen LogP contribution in [0.4, 0.5) is 5.69 Å². The van der Waals surface area contributed by atoms with Gasteiger partial charge in [-0.3, -0.25) is 4.79 Å². The van der Waals surface area contributed by atoms with Gasteiger partial charge in [-0.2, -0.15) is 5.10 Å². The van der Waals surface area contributed by atoms with Gasteiger partial charge in [-0.15, -0.1) is 0 Å². The summed E-state index contributed by atoms with van der Waals surface area (Å²) in [7, 11) is 0. The molecule has 78 valence electrons. The van der Waals surface area contributed by atoms with Crippen LogP contribution in [0.5, 0.6) is 0 Å². The minimum atomic E-state index is -0.491. The topological polar surface area (TPSA) is 81.8 Å². The first-order valence-electron chi connectivity index (χ1n) is 4.60. The van der Waals surface area contributed by atoms with Crippen LogP contribution >= 0.6 is 0 Å². The summed E-state index contributed by atoms with van der Waals surface area (Å²) in [4.78, 5) is 10.9. The van der Waals surface area contributed by atoms with Gasteiger partial charge in [-0.25, -0.2) is 0 Å². The molecule has 1 aliphatic heterocycles. The van der Waals surface area contributed by atoms with E-state index in [2.05, 4.69) is 5.10 Å². The van der Waals surface area contributed by atoms with Crippen LogP contribution in [-0.2, 0) is 4.79 Å². The second-order valence-electron chi connectivity index (χ2n) is 3.34. The number of benzene rings is 1. The zero-order valence-electron chi connectivity index (χ0n) is 8.01. The van der Waals surface area contributed by atoms with Gasteiger partial charge in [0, 0.05) is 18.5 Å². The fourth-order valence-electron chi connectivity index (χ4n) is 1.41. The maximum atomic E-state index is 11.0. The van der Waals surface area contributed by atoms with Gasteiger partial charge in [-0.1, -0.05) is 12.1 Å². The van der Waals surface area contributed by atoms with Crippen molar-refractivity contribution < 1.29 is 4.79 Å². The zero-order chi connectivity index (χ0) is 10.8. The van der Waals surface area contributed by atoms with E-state index in [1.54, 1.807) is 24.3 Å². The van der Waals surface area contributed by atoms with Crippen LogP contribution in [0.2, 0.25) is 0 Å². The van der Waals surface area contributed by atoms with E-state index >= 15 is 0 Å². The average Bonchev–Trinajstić information content (AvgIpc) is 2.23. The summed E-state index contributed by atoms with van der Waals surface area (Å²) in [5.41, 5.74) is 7.66. The van der Waals surface area contributed by atoms with E-state index in [1.165, 1.54) is 0 Å². The number of carbonyl (C=O) groups excluding carboxylic acids is 1. The molecule has 1 aromatic rings. The quantitative estimate of drug-likeness (QED) is 0.695. The van der Waals surface area contributed by atoms with E-state index in [4.69, 9.17) is 5.73 Å². The molecular formula is C10H10N3O2-. The second kappa shape index (κ2) is 3.70. The third-order valence-electron chi connectivity index (χ3n) is 2.24. The number of rotatable bonds is 1. The Hall–Kier alpha value is -1.88. The number of nitrogen functional groups attached to an aromatic ring is 1.